The zero-order chi connectivity index (χ0) is 10.5. The van der Waals surface area contributed by atoms with Crippen LogP contribution in [-0.4, -0.2) is 0 Å². The Kier molecular flexibility index (Phi) is 3.00. The summed E-state index contributed by atoms with van der Waals surface area (Å²) >= 11 is 0. The monoisotopic (exact) mass is 199 g/mol. The van der Waals surface area contributed by atoms with Crippen LogP contribution in [0.3, 0.4) is 0 Å². The number of benzene rings is 2. The first-order valence-corrected chi connectivity index (χ1v) is 4.79. The largest absolute Gasteiger partial charge is 0.457 e. The maximum absolute atomic E-state index is 10.9. The van der Waals surface area contributed by atoms with Gasteiger partial charge in [-0.25, -0.2) is 5.11 Å². The van der Waals surface area contributed by atoms with Crippen LogP contribution in [0.5, 0.6) is 11.5 Å². The minimum absolute atomic E-state index is 0.261. The Morgan fingerprint density at radius 2 is 1.53 bits per heavy atom. The summed E-state index contributed by atoms with van der Waals surface area (Å²) in [6.07, 6.45) is 0. The lowest BCUT2D eigenvalue weighted by Crippen LogP contribution is -1.89. The second-order valence-corrected chi connectivity index (χ2v) is 3.17. The van der Waals surface area contributed by atoms with Crippen LogP contribution >= 0.6 is 0 Å². The van der Waals surface area contributed by atoms with Gasteiger partial charge in [0.15, 0.2) is 0 Å². The minimum Gasteiger partial charge on any atom is -0.457 e. The highest BCUT2D eigenvalue weighted by Gasteiger charge is 2.02. The van der Waals surface area contributed by atoms with Gasteiger partial charge in [-0.15, -0.1) is 0 Å². The van der Waals surface area contributed by atoms with E-state index in [2.05, 4.69) is 0 Å². The summed E-state index contributed by atoms with van der Waals surface area (Å²) < 4.78 is 5.60. The number of hydrogen-bond donors (Lipinski definition) is 0. The average Bonchev–Trinajstić information content (AvgIpc) is 2.31. The van der Waals surface area contributed by atoms with E-state index in [0.29, 0.717) is 11.3 Å². The predicted octanol–water partition coefficient (Wildman–Crippen LogP) is 3.41. The Morgan fingerprint density at radius 3 is 2.27 bits per heavy atom. The molecule has 0 spiro atoms. The molecule has 75 valence electrons. The lowest BCUT2D eigenvalue weighted by atomic mass is 10.2. The summed E-state index contributed by atoms with van der Waals surface area (Å²) in [6.45, 7) is -0.261. The van der Waals surface area contributed by atoms with E-state index >= 15 is 0 Å². The van der Waals surface area contributed by atoms with Crippen molar-refractivity contribution >= 4 is 0 Å². The fourth-order valence-corrected chi connectivity index (χ4v) is 1.34. The zero-order valence-corrected chi connectivity index (χ0v) is 8.22. The quantitative estimate of drug-likeness (QED) is 0.744. The van der Waals surface area contributed by atoms with Crippen LogP contribution in [0.1, 0.15) is 5.56 Å². The molecule has 0 aliphatic rings. The van der Waals surface area contributed by atoms with Crippen LogP contribution in [0.4, 0.5) is 0 Å². The first-order valence-electron chi connectivity index (χ1n) is 4.79. The molecule has 2 aromatic rings. The predicted molar refractivity (Wildman–Crippen MR) is 57.3 cm³/mol. The van der Waals surface area contributed by atoms with E-state index < -0.39 is 0 Å². The molecule has 0 aliphatic carbocycles. The molecule has 2 rings (SSSR count). The van der Waals surface area contributed by atoms with Gasteiger partial charge in [0.05, 0.1) is 0 Å². The van der Waals surface area contributed by atoms with Crippen molar-refractivity contribution in [3.05, 3.63) is 60.2 Å². The number of rotatable bonds is 3. The Balaban J connectivity index is 2.24. The first-order chi connectivity index (χ1) is 7.40. The molecule has 1 radical (unpaired) electrons. The normalized spacial score (nSPS) is 9.93. The van der Waals surface area contributed by atoms with Crippen molar-refractivity contribution < 1.29 is 9.84 Å². The van der Waals surface area contributed by atoms with Crippen LogP contribution in [0.25, 0.3) is 0 Å². The number of ether oxygens (including phenoxy) is 1. The van der Waals surface area contributed by atoms with Crippen molar-refractivity contribution in [1.82, 2.24) is 0 Å². The SMILES string of the molecule is [O]Cc1ccccc1Oc1ccccc1. The molecule has 2 nitrogen and oxygen atoms in total. The van der Waals surface area contributed by atoms with Crippen LogP contribution in [-0.2, 0) is 11.7 Å². The summed E-state index contributed by atoms with van der Waals surface area (Å²) in [6, 6.07) is 16.7. The average molecular weight is 199 g/mol. The molecular formula is C13H11O2. The van der Waals surface area contributed by atoms with Gasteiger partial charge in [-0.3, -0.25) is 0 Å². The minimum atomic E-state index is -0.261. The molecule has 0 fully saturated rings. The molecule has 0 aromatic heterocycles. The van der Waals surface area contributed by atoms with E-state index in [1.165, 1.54) is 0 Å². The highest BCUT2D eigenvalue weighted by molar-refractivity contribution is 5.37. The highest BCUT2D eigenvalue weighted by atomic mass is 16.5. The van der Waals surface area contributed by atoms with Crippen LogP contribution in [0.2, 0.25) is 0 Å². The Morgan fingerprint density at radius 1 is 0.867 bits per heavy atom. The second kappa shape index (κ2) is 4.62. The van der Waals surface area contributed by atoms with Crippen molar-refractivity contribution in [2.75, 3.05) is 0 Å². The molecule has 0 atom stereocenters. The topological polar surface area (TPSA) is 29.1 Å². The van der Waals surface area contributed by atoms with Gasteiger partial charge in [-0.1, -0.05) is 36.4 Å². The van der Waals surface area contributed by atoms with E-state index in [-0.39, 0.29) is 6.61 Å². The molecule has 15 heavy (non-hydrogen) atoms. The number of para-hydroxylation sites is 2. The van der Waals surface area contributed by atoms with Crippen molar-refractivity contribution in [2.45, 2.75) is 6.61 Å². The molecule has 0 unspecified atom stereocenters. The second-order valence-electron chi connectivity index (χ2n) is 3.17. The van der Waals surface area contributed by atoms with E-state index in [9.17, 15) is 5.11 Å². The van der Waals surface area contributed by atoms with Crippen LogP contribution in [0, 0.1) is 0 Å². The third-order valence-corrected chi connectivity index (χ3v) is 2.10. The third kappa shape index (κ3) is 2.36. The highest BCUT2D eigenvalue weighted by Crippen LogP contribution is 2.24. The lowest BCUT2D eigenvalue weighted by Gasteiger charge is -2.08. The van der Waals surface area contributed by atoms with Gasteiger partial charge in [0.25, 0.3) is 0 Å². The first kappa shape index (κ1) is 9.74. The molecule has 0 heterocycles. The van der Waals surface area contributed by atoms with Crippen LogP contribution in [0.15, 0.2) is 54.6 Å². The molecule has 0 aliphatic heterocycles. The van der Waals surface area contributed by atoms with E-state index in [1.807, 2.05) is 42.5 Å². The smallest absolute Gasteiger partial charge is 0.133 e. The maximum atomic E-state index is 10.9. The third-order valence-electron chi connectivity index (χ3n) is 2.10. The Hall–Kier alpha value is -1.80. The lowest BCUT2D eigenvalue weighted by molar-refractivity contribution is 0.175. The van der Waals surface area contributed by atoms with E-state index in [1.54, 1.807) is 12.1 Å². The van der Waals surface area contributed by atoms with Crippen molar-refractivity contribution in [3.8, 4) is 11.5 Å². The van der Waals surface area contributed by atoms with Gasteiger partial charge < -0.3 is 4.74 Å². The Labute approximate surface area is 88.8 Å². The summed E-state index contributed by atoms with van der Waals surface area (Å²) in [5.74, 6) is 1.39. The van der Waals surface area contributed by atoms with Gasteiger partial charge in [-0.05, 0) is 18.2 Å². The summed E-state index contributed by atoms with van der Waals surface area (Å²) in [4.78, 5) is 0. The molecular weight excluding hydrogens is 188 g/mol. The van der Waals surface area contributed by atoms with E-state index in [4.69, 9.17) is 4.74 Å². The van der Waals surface area contributed by atoms with Crippen LogP contribution < -0.4 is 4.74 Å². The maximum Gasteiger partial charge on any atom is 0.133 e. The fourth-order valence-electron chi connectivity index (χ4n) is 1.34. The molecule has 0 saturated heterocycles. The molecule has 2 heteroatoms. The van der Waals surface area contributed by atoms with Crippen molar-refractivity contribution in [2.24, 2.45) is 0 Å². The zero-order valence-electron chi connectivity index (χ0n) is 8.22. The summed E-state index contributed by atoms with van der Waals surface area (Å²) in [5.41, 5.74) is 0.682. The van der Waals surface area contributed by atoms with Gasteiger partial charge in [-0.2, -0.15) is 0 Å². The number of hydrogen-bond acceptors (Lipinski definition) is 1. The van der Waals surface area contributed by atoms with Gasteiger partial charge in [0.1, 0.15) is 18.1 Å². The standard InChI is InChI=1S/C13H11O2/c14-10-11-6-4-5-9-13(11)15-12-7-2-1-3-8-12/h1-9H,10H2. The van der Waals surface area contributed by atoms with Gasteiger partial charge >= 0.3 is 0 Å². The summed E-state index contributed by atoms with van der Waals surface area (Å²) in [5, 5.41) is 10.9. The molecule has 0 saturated carbocycles. The molecule has 0 bridgehead atoms. The summed E-state index contributed by atoms with van der Waals surface area (Å²) in [7, 11) is 0. The Bertz CT molecular complexity index is 424. The van der Waals surface area contributed by atoms with Crippen molar-refractivity contribution in [3.63, 3.8) is 0 Å². The molecule has 2 aromatic carbocycles. The van der Waals surface area contributed by atoms with E-state index in [0.717, 1.165) is 5.75 Å². The van der Waals surface area contributed by atoms with Gasteiger partial charge in [0.2, 0.25) is 0 Å². The molecule has 0 amide bonds. The van der Waals surface area contributed by atoms with Gasteiger partial charge in [0, 0.05) is 5.56 Å². The van der Waals surface area contributed by atoms with Crippen molar-refractivity contribution in [1.29, 1.82) is 0 Å². The molecule has 0 N–H and O–H groups in total. The fraction of sp³-hybridized carbons (Fsp3) is 0.0769.